The Kier molecular flexibility index (Phi) is 3.03. The van der Waals surface area contributed by atoms with Crippen LogP contribution in [0.15, 0.2) is 22.8 Å². The van der Waals surface area contributed by atoms with Gasteiger partial charge in [-0.3, -0.25) is 14.9 Å². The molecule has 0 bridgehead atoms. The molecule has 0 saturated heterocycles. The van der Waals surface area contributed by atoms with Gasteiger partial charge in [0, 0.05) is 17.3 Å². The molecule has 1 aliphatic rings. The quantitative estimate of drug-likeness (QED) is 0.578. The number of carbonyl (C=O) groups is 1. The summed E-state index contributed by atoms with van der Waals surface area (Å²) in [5, 5.41) is 10.6. The second-order valence-corrected chi connectivity index (χ2v) is 4.10. The van der Waals surface area contributed by atoms with Crippen molar-refractivity contribution in [2.45, 2.75) is 25.2 Å². The van der Waals surface area contributed by atoms with E-state index in [0.717, 1.165) is 12.8 Å². The molecular weight excluding hydrogens is 210 g/mol. The number of furan rings is 1. The van der Waals surface area contributed by atoms with Crippen molar-refractivity contribution >= 4 is 5.78 Å². The van der Waals surface area contributed by atoms with Gasteiger partial charge in [-0.1, -0.05) is 0 Å². The third-order valence-corrected chi connectivity index (χ3v) is 3.09. The number of rotatable bonds is 4. The number of nitrogens with zero attached hydrogens (tertiary/aromatic N) is 1. The molecule has 1 aromatic heterocycles. The Hall–Kier alpha value is -1.65. The van der Waals surface area contributed by atoms with Gasteiger partial charge >= 0.3 is 0 Å². The third kappa shape index (κ3) is 2.13. The van der Waals surface area contributed by atoms with Crippen LogP contribution in [-0.4, -0.2) is 17.3 Å². The Morgan fingerprint density at radius 1 is 1.62 bits per heavy atom. The van der Waals surface area contributed by atoms with Crippen molar-refractivity contribution < 1.29 is 14.1 Å². The van der Waals surface area contributed by atoms with Gasteiger partial charge in [-0.15, -0.1) is 0 Å². The zero-order valence-electron chi connectivity index (χ0n) is 8.80. The number of carbonyl (C=O) groups excluding carboxylic acids is 1. The predicted octanol–water partition coefficient (Wildman–Crippen LogP) is 2.01. The number of ketones is 1. The molecule has 5 nitrogen and oxygen atoms in total. The first-order valence-electron chi connectivity index (χ1n) is 5.36. The minimum Gasteiger partial charge on any atom is -0.469 e. The zero-order chi connectivity index (χ0) is 11.5. The maximum atomic E-state index is 11.6. The predicted molar refractivity (Wildman–Crippen MR) is 55.7 cm³/mol. The van der Waals surface area contributed by atoms with E-state index in [1.807, 2.05) is 0 Å². The van der Waals surface area contributed by atoms with Crippen molar-refractivity contribution in [3.63, 3.8) is 0 Å². The molecule has 16 heavy (non-hydrogen) atoms. The number of hydrogen-bond acceptors (Lipinski definition) is 4. The summed E-state index contributed by atoms with van der Waals surface area (Å²) in [6.07, 6.45) is 3.59. The average molecular weight is 223 g/mol. The molecule has 1 fully saturated rings. The fourth-order valence-corrected chi connectivity index (χ4v) is 2.35. The number of hydrogen-bond donors (Lipinski definition) is 0. The van der Waals surface area contributed by atoms with Crippen molar-refractivity contribution in [1.82, 2.24) is 0 Å². The Morgan fingerprint density at radius 2 is 2.44 bits per heavy atom. The summed E-state index contributed by atoms with van der Waals surface area (Å²) in [6.45, 7) is -0.232. The summed E-state index contributed by atoms with van der Waals surface area (Å²) < 4.78 is 5.20. The molecule has 1 heterocycles. The second-order valence-electron chi connectivity index (χ2n) is 4.10. The first-order chi connectivity index (χ1) is 7.68. The molecule has 0 amide bonds. The topological polar surface area (TPSA) is 73.3 Å². The molecule has 0 aromatic carbocycles. The molecule has 1 aliphatic carbocycles. The molecule has 1 aromatic rings. The van der Waals surface area contributed by atoms with Crippen LogP contribution in [0, 0.1) is 16.0 Å². The monoisotopic (exact) mass is 223 g/mol. The van der Waals surface area contributed by atoms with Gasteiger partial charge in [-0.25, -0.2) is 0 Å². The van der Waals surface area contributed by atoms with Crippen molar-refractivity contribution in [3.05, 3.63) is 34.3 Å². The van der Waals surface area contributed by atoms with Crippen LogP contribution >= 0.6 is 0 Å². The highest BCUT2D eigenvalue weighted by molar-refractivity contribution is 5.83. The standard InChI is InChI=1S/C11H13NO4/c13-10-4-1-3-8(10)9(7-12(14)15)11-5-2-6-16-11/h2,5-6,8-9H,1,3-4,7H2/t8-,9+/m0/s1. The lowest BCUT2D eigenvalue weighted by atomic mass is 9.88. The Balaban J connectivity index is 2.20. The highest BCUT2D eigenvalue weighted by Crippen LogP contribution is 2.35. The molecule has 5 heteroatoms. The lowest BCUT2D eigenvalue weighted by Crippen LogP contribution is -2.23. The smallest absolute Gasteiger partial charge is 0.214 e. The third-order valence-electron chi connectivity index (χ3n) is 3.09. The Morgan fingerprint density at radius 3 is 2.94 bits per heavy atom. The average Bonchev–Trinajstić information content (AvgIpc) is 2.84. The molecule has 2 rings (SSSR count). The van der Waals surface area contributed by atoms with Crippen molar-refractivity contribution in [1.29, 1.82) is 0 Å². The van der Waals surface area contributed by atoms with Gasteiger partial charge in [0.05, 0.1) is 12.2 Å². The van der Waals surface area contributed by atoms with E-state index >= 15 is 0 Å². The van der Waals surface area contributed by atoms with Crippen LogP contribution < -0.4 is 0 Å². The minimum atomic E-state index is -0.403. The van der Waals surface area contributed by atoms with Crippen LogP contribution in [0.4, 0.5) is 0 Å². The largest absolute Gasteiger partial charge is 0.469 e. The van der Waals surface area contributed by atoms with Gasteiger partial charge < -0.3 is 4.42 Å². The summed E-state index contributed by atoms with van der Waals surface area (Å²) in [5.41, 5.74) is 0. The molecule has 0 aliphatic heterocycles. The van der Waals surface area contributed by atoms with Crippen LogP contribution in [0.1, 0.15) is 30.9 Å². The van der Waals surface area contributed by atoms with Crippen LogP contribution in [0.5, 0.6) is 0 Å². The number of nitro groups is 1. The highest BCUT2D eigenvalue weighted by Gasteiger charge is 2.37. The Bertz CT molecular complexity index is 385. The molecule has 0 N–H and O–H groups in total. The SMILES string of the molecule is O=C1CCC[C@H]1[C@@H](C[N+](=O)[O-])c1ccco1. The molecule has 2 atom stereocenters. The van der Waals surface area contributed by atoms with Crippen molar-refractivity contribution in [2.75, 3.05) is 6.54 Å². The minimum absolute atomic E-state index is 0.128. The Labute approximate surface area is 92.6 Å². The normalized spacial score (nSPS) is 22.2. The zero-order valence-corrected chi connectivity index (χ0v) is 8.80. The van der Waals surface area contributed by atoms with Crippen molar-refractivity contribution in [3.8, 4) is 0 Å². The first kappa shape index (κ1) is 10.9. The maximum Gasteiger partial charge on any atom is 0.214 e. The fraction of sp³-hybridized carbons (Fsp3) is 0.545. The van der Waals surface area contributed by atoms with Gasteiger partial charge in [0.25, 0.3) is 0 Å². The lowest BCUT2D eigenvalue weighted by molar-refractivity contribution is -0.484. The van der Waals surface area contributed by atoms with Gasteiger partial charge in [0.15, 0.2) is 0 Å². The second kappa shape index (κ2) is 4.47. The van der Waals surface area contributed by atoms with Crippen LogP contribution in [0.25, 0.3) is 0 Å². The molecular formula is C11H13NO4. The van der Waals surface area contributed by atoms with E-state index < -0.39 is 5.92 Å². The summed E-state index contributed by atoms with van der Waals surface area (Å²) in [4.78, 5) is 21.9. The first-order valence-corrected chi connectivity index (χ1v) is 5.36. The van der Waals surface area contributed by atoms with Gasteiger partial charge in [0.2, 0.25) is 6.54 Å². The fourth-order valence-electron chi connectivity index (χ4n) is 2.35. The van der Waals surface area contributed by atoms with E-state index in [4.69, 9.17) is 4.42 Å². The van der Waals surface area contributed by atoms with Gasteiger partial charge in [-0.05, 0) is 25.0 Å². The molecule has 0 radical (unpaired) electrons. The van der Waals surface area contributed by atoms with E-state index in [1.54, 1.807) is 12.1 Å². The van der Waals surface area contributed by atoms with E-state index in [-0.39, 0.29) is 23.2 Å². The maximum absolute atomic E-state index is 11.6. The summed E-state index contributed by atoms with van der Waals surface area (Å²) in [6, 6.07) is 3.40. The van der Waals surface area contributed by atoms with Gasteiger partial charge in [-0.2, -0.15) is 0 Å². The van der Waals surface area contributed by atoms with E-state index in [2.05, 4.69) is 0 Å². The molecule has 1 saturated carbocycles. The summed E-state index contributed by atoms with van der Waals surface area (Å²) in [5.74, 6) is 0.0387. The molecule has 0 spiro atoms. The summed E-state index contributed by atoms with van der Waals surface area (Å²) >= 11 is 0. The molecule has 86 valence electrons. The van der Waals surface area contributed by atoms with E-state index in [1.165, 1.54) is 6.26 Å². The van der Waals surface area contributed by atoms with Crippen molar-refractivity contribution in [2.24, 2.45) is 5.92 Å². The van der Waals surface area contributed by atoms with Crippen LogP contribution in [0.3, 0.4) is 0 Å². The van der Waals surface area contributed by atoms with Crippen LogP contribution in [-0.2, 0) is 4.79 Å². The molecule has 0 unspecified atom stereocenters. The number of Topliss-reactive ketones (excluding diaryl/α,β-unsaturated/α-hetero) is 1. The lowest BCUT2D eigenvalue weighted by Gasteiger charge is -2.15. The highest BCUT2D eigenvalue weighted by atomic mass is 16.6. The van der Waals surface area contributed by atoms with E-state index in [9.17, 15) is 14.9 Å². The van der Waals surface area contributed by atoms with Gasteiger partial charge in [0.1, 0.15) is 11.5 Å². The van der Waals surface area contributed by atoms with Crippen LogP contribution in [0.2, 0.25) is 0 Å². The van der Waals surface area contributed by atoms with E-state index in [0.29, 0.717) is 12.2 Å². The summed E-state index contributed by atoms with van der Waals surface area (Å²) in [7, 11) is 0.